The molecule has 0 aliphatic carbocycles. The Hall–Kier alpha value is -3.16. The number of anilines is 1. The number of hydrogen-bond acceptors (Lipinski definition) is 6. The maximum atomic E-state index is 5.72. The minimum atomic E-state index is 0.369. The minimum absolute atomic E-state index is 0.369. The fourth-order valence-electron chi connectivity index (χ4n) is 1.83. The third kappa shape index (κ3) is 2.59. The zero-order valence-electron chi connectivity index (χ0n) is 11.4. The van der Waals surface area contributed by atoms with Gasteiger partial charge in [-0.2, -0.15) is 10.2 Å². The fraction of sp³-hybridized carbons (Fsp3) is 0.0769. The second-order valence-corrected chi connectivity index (χ2v) is 4.38. The lowest BCUT2D eigenvalue weighted by Crippen LogP contribution is -2.13. The fourth-order valence-corrected chi connectivity index (χ4v) is 1.83. The van der Waals surface area contributed by atoms with E-state index in [-0.39, 0.29) is 0 Å². The molecule has 2 aromatic heterocycles. The molecular formula is C13H14N8. The Morgan fingerprint density at radius 1 is 1.29 bits per heavy atom. The van der Waals surface area contributed by atoms with Gasteiger partial charge in [-0.15, -0.1) is 10.2 Å². The van der Waals surface area contributed by atoms with Crippen molar-refractivity contribution in [2.45, 2.75) is 6.92 Å². The number of aromatic nitrogens is 5. The molecule has 0 saturated heterocycles. The normalized spacial score (nSPS) is 11.1. The quantitative estimate of drug-likeness (QED) is 0.377. The summed E-state index contributed by atoms with van der Waals surface area (Å²) in [5.41, 5.74) is 5.53. The highest BCUT2D eigenvalue weighted by Gasteiger charge is 2.06. The van der Waals surface area contributed by atoms with Crippen molar-refractivity contribution in [3.8, 4) is 11.3 Å². The molecule has 3 rings (SSSR count). The van der Waals surface area contributed by atoms with Gasteiger partial charge in [0.15, 0.2) is 5.82 Å². The van der Waals surface area contributed by atoms with Crippen LogP contribution >= 0.6 is 0 Å². The van der Waals surface area contributed by atoms with E-state index in [0.29, 0.717) is 11.8 Å². The lowest BCUT2D eigenvalue weighted by molar-refractivity contribution is 0.926. The van der Waals surface area contributed by atoms with Crippen LogP contribution in [0.5, 0.6) is 0 Å². The second kappa shape index (κ2) is 5.45. The first kappa shape index (κ1) is 12.9. The minimum Gasteiger partial charge on any atom is -0.335 e. The number of nitrogens with zero attached hydrogens (tertiary/aromatic N) is 5. The summed E-state index contributed by atoms with van der Waals surface area (Å²) in [6.07, 6.45) is 3.35. The van der Waals surface area contributed by atoms with Gasteiger partial charge in [-0.05, 0) is 6.92 Å². The molecular weight excluding hydrogens is 268 g/mol. The van der Waals surface area contributed by atoms with E-state index in [1.54, 1.807) is 19.3 Å². The van der Waals surface area contributed by atoms with Crippen molar-refractivity contribution in [1.82, 2.24) is 25.1 Å². The average molecular weight is 282 g/mol. The van der Waals surface area contributed by atoms with Crippen molar-refractivity contribution in [1.29, 1.82) is 0 Å². The maximum Gasteiger partial charge on any atom is 0.263 e. The molecule has 8 heteroatoms. The number of nitrogens with two attached hydrogens (primary N) is 1. The van der Waals surface area contributed by atoms with Crippen LogP contribution in [0.4, 0.5) is 5.95 Å². The van der Waals surface area contributed by atoms with Crippen LogP contribution in [0.2, 0.25) is 0 Å². The van der Waals surface area contributed by atoms with Gasteiger partial charge >= 0.3 is 0 Å². The van der Waals surface area contributed by atoms with E-state index in [9.17, 15) is 0 Å². The molecule has 0 bridgehead atoms. The van der Waals surface area contributed by atoms with E-state index in [2.05, 4.69) is 30.9 Å². The zero-order valence-corrected chi connectivity index (χ0v) is 11.4. The molecule has 0 atom stereocenters. The highest BCUT2D eigenvalue weighted by molar-refractivity contribution is 5.88. The Morgan fingerprint density at radius 3 is 2.81 bits per heavy atom. The van der Waals surface area contributed by atoms with Crippen molar-refractivity contribution in [2.75, 3.05) is 11.3 Å². The standard InChI is InChI=1S/C13H14N8/c1-9-17-20-13(21(9)14)19-16-8-11-7-15-18-12(11)10-5-3-2-4-6-10/h2-8H,14H2,1H3,(H,15,18)(H,19,20)/b16-8+. The Kier molecular flexibility index (Phi) is 3.34. The molecule has 2 heterocycles. The molecule has 0 fully saturated rings. The Bertz CT molecular complexity index is 756. The summed E-state index contributed by atoms with van der Waals surface area (Å²) in [4.78, 5) is 0. The van der Waals surface area contributed by atoms with Crippen molar-refractivity contribution >= 4 is 12.2 Å². The van der Waals surface area contributed by atoms with Gasteiger partial charge < -0.3 is 5.84 Å². The third-order valence-electron chi connectivity index (χ3n) is 2.97. The molecule has 106 valence electrons. The van der Waals surface area contributed by atoms with Crippen molar-refractivity contribution < 1.29 is 0 Å². The predicted octanol–water partition coefficient (Wildman–Crippen LogP) is 1.14. The van der Waals surface area contributed by atoms with Gasteiger partial charge in [0.2, 0.25) is 0 Å². The molecule has 8 nitrogen and oxygen atoms in total. The summed E-state index contributed by atoms with van der Waals surface area (Å²) in [6.45, 7) is 1.76. The topological polar surface area (TPSA) is 110 Å². The molecule has 0 radical (unpaired) electrons. The van der Waals surface area contributed by atoms with E-state index < -0.39 is 0 Å². The summed E-state index contributed by atoms with van der Waals surface area (Å²) < 4.78 is 1.32. The first-order chi connectivity index (χ1) is 10.3. The molecule has 0 saturated carbocycles. The highest BCUT2D eigenvalue weighted by atomic mass is 15.5. The Morgan fingerprint density at radius 2 is 2.10 bits per heavy atom. The molecule has 0 aliphatic rings. The molecule has 0 unspecified atom stereocenters. The first-order valence-corrected chi connectivity index (χ1v) is 6.30. The van der Waals surface area contributed by atoms with Crippen molar-refractivity contribution in [3.05, 3.63) is 47.9 Å². The van der Waals surface area contributed by atoms with Gasteiger partial charge in [-0.1, -0.05) is 30.3 Å². The van der Waals surface area contributed by atoms with Crippen molar-refractivity contribution in [2.24, 2.45) is 5.10 Å². The van der Waals surface area contributed by atoms with Gasteiger partial charge in [0.05, 0.1) is 18.1 Å². The third-order valence-corrected chi connectivity index (χ3v) is 2.97. The largest absolute Gasteiger partial charge is 0.335 e. The lowest BCUT2D eigenvalue weighted by Gasteiger charge is -2.00. The number of hydrogen-bond donors (Lipinski definition) is 3. The van der Waals surface area contributed by atoms with Gasteiger partial charge in [-0.3, -0.25) is 5.10 Å². The molecule has 3 aromatic rings. The number of H-pyrrole nitrogens is 1. The van der Waals surface area contributed by atoms with Gasteiger partial charge in [0.1, 0.15) is 0 Å². The first-order valence-electron chi connectivity index (χ1n) is 6.30. The van der Waals surface area contributed by atoms with Gasteiger partial charge in [0, 0.05) is 11.1 Å². The van der Waals surface area contributed by atoms with E-state index in [1.807, 2.05) is 30.3 Å². The number of nitrogen functional groups attached to an aromatic ring is 1. The molecule has 0 spiro atoms. The SMILES string of the molecule is Cc1nnc(N/N=C/c2cn[nH]c2-c2ccccc2)n1N. The number of rotatable bonds is 4. The monoisotopic (exact) mass is 282 g/mol. The van der Waals surface area contributed by atoms with E-state index >= 15 is 0 Å². The zero-order chi connectivity index (χ0) is 14.7. The van der Waals surface area contributed by atoms with E-state index in [1.165, 1.54) is 4.68 Å². The predicted molar refractivity (Wildman–Crippen MR) is 80.1 cm³/mol. The summed E-state index contributed by atoms with van der Waals surface area (Å²) in [6, 6.07) is 9.89. The smallest absolute Gasteiger partial charge is 0.263 e. The van der Waals surface area contributed by atoms with Gasteiger partial charge in [0.25, 0.3) is 5.95 Å². The van der Waals surface area contributed by atoms with Crippen LogP contribution in [-0.2, 0) is 0 Å². The molecule has 0 amide bonds. The van der Waals surface area contributed by atoms with Crippen LogP contribution < -0.4 is 11.3 Å². The van der Waals surface area contributed by atoms with Crippen LogP contribution in [0.1, 0.15) is 11.4 Å². The summed E-state index contributed by atoms with van der Waals surface area (Å²) >= 11 is 0. The van der Waals surface area contributed by atoms with E-state index in [4.69, 9.17) is 5.84 Å². The molecule has 1 aromatic carbocycles. The Labute approximate surface area is 120 Å². The summed E-state index contributed by atoms with van der Waals surface area (Å²) in [5.74, 6) is 6.69. The van der Waals surface area contributed by atoms with Crippen LogP contribution in [0, 0.1) is 6.92 Å². The molecule has 0 aliphatic heterocycles. The Balaban J connectivity index is 1.79. The molecule has 21 heavy (non-hydrogen) atoms. The van der Waals surface area contributed by atoms with Crippen LogP contribution in [0.3, 0.4) is 0 Å². The number of aryl methyl sites for hydroxylation is 1. The summed E-state index contributed by atoms with van der Waals surface area (Å²) in [7, 11) is 0. The molecule has 4 N–H and O–H groups in total. The summed E-state index contributed by atoms with van der Waals surface area (Å²) in [5, 5.41) is 18.8. The van der Waals surface area contributed by atoms with Crippen LogP contribution in [0.15, 0.2) is 41.6 Å². The number of nitrogens with one attached hydrogen (secondary N) is 2. The number of hydrazone groups is 1. The average Bonchev–Trinajstić information content (AvgIpc) is 3.10. The van der Waals surface area contributed by atoms with Crippen LogP contribution in [0.25, 0.3) is 11.3 Å². The van der Waals surface area contributed by atoms with Crippen LogP contribution in [-0.4, -0.2) is 31.3 Å². The second-order valence-electron chi connectivity index (χ2n) is 4.38. The maximum absolute atomic E-state index is 5.72. The number of aromatic amines is 1. The highest BCUT2D eigenvalue weighted by Crippen LogP contribution is 2.19. The lowest BCUT2D eigenvalue weighted by atomic mass is 10.1. The van der Waals surface area contributed by atoms with Gasteiger partial charge in [-0.25, -0.2) is 10.1 Å². The van der Waals surface area contributed by atoms with E-state index in [0.717, 1.165) is 16.8 Å². The number of benzene rings is 1. The van der Waals surface area contributed by atoms with Crippen molar-refractivity contribution in [3.63, 3.8) is 0 Å².